The normalized spacial score (nSPS) is 18.8. The zero-order valence-corrected chi connectivity index (χ0v) is 17.8. The molecule has 0 bridgehead atoms. The van der Waals surface area contributed by atoms with Crippen LogP contribution in [-0.4, -0.2) is 46.0 Å². The number of nitrogens with zero attached hydrogens (tertiary/aromatic N) is 4. The van der Waals surface area contributed by atoms with Gasteiger partial charge < -0.3 is 15.5 Å². The Bertz CT molecular complexity index is 1320. The summed E-state index contributed by atoms with van der Waals surface area (Å²) >= 11 is 0. The van der Waals surface area contributed by atoms with E-state index in [1.54, 1.807) is 36.7 Å². The summed E-state index contributed by atoms with van der Waals surface area (Å²) in [6.07, 6.45) is 4.75. The minimum atomic E-state index is -0.486. The fraction of sp³-hybridized carbons (Fsp3) is 0.250. The summed E-state index contributed by atoms with van der Waals surface area (Å²) in [5.74, 6) is -0.855. The van der Waals surface area contributed by atoms with Crippen LogP contribution in [0.2, 0.25) is 0 Å². The molecule has 0 unspecified atom stereocenters. The van der Waals surface area contributed by atoms with Gasteiger partial charge in [-0.3, -0.25) is 19.7 Å². The molecule has 0 spiro atoms. The van der Waals surface area contributed by atoms with Gasteiger partial charge in [0, 0.05) is 54.8 Å². The first-order valence-corrected chi connectivity index (χ1v) is 10.6. The Morgan fingerprint density at radius 2 is 1.72 bits per heavy atom. The van der Waals surface area contributed by atoms with E-state index in [0.717, 1.165) is 18.8 Å². The minimum absolute atomic E-state index is 0.269. The maximum Gasteiger partial charge on any atom is 0.257 e. The molecule has 1 fully saturated rings. The SMILES string of the molecule is C[C@@H]1CN(c2ccc(C(=O)Nc3cc(F)c4ncccc4c3)c3nccnc23)C[C@H](C)N1. The number of fused-ring (bicyclic) bond motifs is 2. The summed E-state index contributed by atoms with van der Waals surface area (Å²) in [5, 5.41) is 6.94. The molecule has 5 rings (SSSR count). The largest absolute Gasteiger partial charge is 0.367 e. The number of hydrogen-bond acceptors (Lipinski definition) is 6. The molecule has 1 saturated heterocycles. The summed E-state index contributed by atoms with van der Waals surface area (Å²) in [4.78, 5) is 28.4. The number of anilines is 2. The zero-order chi connectivity index (χ0) is 22.2. The van der Waals surface area contributed by atoms with E-state index in [2.05, 4.69) is 44.3 Å². The maximum absolute atomic E-state index is 14.4. The number of rotatable bonds is 3. The molecule has 1 amide bonds. The molecule has 0 radical (unpaired) electrons. The number of carbonyl (C=O) groups is 1. The van der Waals surface area contributed by atoms with Gasteiger partial charge in [-0.25, -0.2) is 4.39 Å². The van der Waals surface area contributed by atoms with Gasteiger partial charge in [-0.2, -0.15) is 0 Å². The molecule has 32 heavy (non-hydrogen) atoms. The number of aromatic nitrogens is 3. The molecule has 3 heterocycles. The molecule has 4 aromatic rings. The van der Waals surface area contributed by atoms with Crippen molar-refractivity contribution in [2.45, 2.75) is 25.9 Å². The van der Waals surface area contributed by atoms with Crippen molar-refractivity contribution in [2.75, 3.05) is 23.3 Å². The summed E-state index contributed by atoms with van der Waals surface area (Å²) < 4.78 is 14.4. The van der Waals surface area contributed by atoms with Crippen LogP contribution in [0, 0.1) is 5.82 Å². The van der Waals surface area contributed by atoms with E-state index in [9.17, 15) is 9.18 Å². The molecule has 0 aliphatic carbocycles. The lowest BCUT2D eigenvalue weighted by Crippen LogP contribution is -2.54. The Morgan fingerprint density at radius 1 is 1.00 bits per heavy atom. The minimum Gasteiger partial charge on any atom is -0.367 e. The van der Waals surface area contributed by atoms with Gasteiger partial charge in [-0.05, 0) is 44.2 Å². The van der Waals surface area contributed by atoms with Crippen molar-refractivity contribution in [3.63, 3.8) is 0 Å². The smallest absolute Gasteiger partial charge is 0.257 e. The molecule has 2 aromatic carbocycles. The van der Waals surface area contributed by atoms with Crippen molar-refractivity contribution < 1.29 is 9.18 Å². The second kappa shape index (κ2) is 8.12. The quantitative estimate of drug-likeness (QED) is 0.515. The second-order valence-corrected chi connectivity index (χ2v) is 8.25. The van der Waals surface area contributed by atoms with Gasteiger partial charge >= 0.3 is 0 Å². The first kappa shape index (κ1) is 20.3. The standard InChI is InChI=1S/C24H23FN6O/c1-14-12-31(13-15(2)29-14)20-6-5-18(22-23(20)28-9-8-27-22)24(32)30-17-10-16-4-3-7-26-21(16)19(25)11-17/h3-11,14-15,29H,12-13H2,1-2H3,(H,30,32)/t14-,15+. The van der Waals surface area contributed by atoms with Crippen molar-refractivity contribution in [1.29, 1.82) is 0 Å². The number of amides is 1. The lowest BCUT2D eigenvalue weighted by Gasteiger charge is -2.38. The van der Waals surface area contributed by atoms with E-state index >= 15 is 0 Å². The predicted octanol–water partition coefficient (Wildman–Crippen LogP) is 3.76. The van der Waals surface area contributed by atoms with Gasteiger partial charge in [-0.1, -0.05) is 6.07 Å². The Hall–Kier alpha value is -3.65. The van der Waals surface area contributed by atoms with Crippen LogP contribution >= 0.6 is 0 Å². The van der Waals surface area contributed by atoms with Crippen LogP contribution in [0.5, 0.6) is 0 Å². The van der Waals surface area contributed by atoms with Crippen LogP contribution in [0.3, 0.4) is 0 Å². The van der Waals surface area contributed by atoms with E-state index in [1.807, 2.05) is 6.07 Å². The fourth-order valence-electron chi connectivity index (χ4n) is 4.42. The highest BCUT2D eigenvalue weighted by atomic mass is 19.1. The van der Waals surface area contributed by atoms with Crippen molar-refractivity contribution in [3.05, 3.63) is 66.4 Å². The summed E-state index contributed by atoms with van der Waals surface area (Å²) in [6.45, 7) is 5.98. The van der Waals surface area contributed by atoms with Crippen molar-refractivity contribution in [1.82, 2.24) is 20.3 Å². The van der Waals surface area contributed by atoms with Crippen molar-refractivity contribution in [3.8, 4) is 0 Å². The fourth-order valence-corrected chi connectivity index (χ4v) is 4.42. The highest BCUT2D eigenvalue weighted by Gasteiger charge is 2.24. The number of benzene rings is 2. The van der Waals surface area contributed by atoms with Crippen molar-refractivity contribution >= 4 is 39.2 Å². The van der Waals surface area contributed by atoms with E-state index < -0.39 is 5.82 Å². The average molecular weight is 430 g/mol. The Morgan fingerprint density at radius 3 is 2.50 bits per heavy atom. The van der Waals surface area contributed by atoms with Gasteiger partial charge in [0.1, 0.15) is 16.6 Å². The first-order chi connectivity index (χ1) is 15.5. The van der Waals surface area contributed by atoms with E-state index in [-0.39, 0.29) is 11.4 Å². The summed E-state index contributed by atoms with van der Waals surface area (Å²) in [7, 11) is 0. The van der Waals surface area contributed by atoms with Gasteiger partial charge in [0.25, 0.3) is 5.91 Å². The second-order valence-electron chi connectivity index (χ2n) is 8.25. The molecule has 2 N–H and O–H groups in total. The highest BCUT2D eigenvalue weighted by Crippen LogP contribution is 2.29. The third-order valence-electron chi connectivity index (χ3n) is 5.66. The Labute approximate surface area is 184 Å². The Kier molecular flexibility index (Phi) is 5.14. The molecule has 7 nitrogen and oxygen atoms in total. The lowest BCUT2D eigenvalue weighted by molar-refractivity contribution is 0.102. The highest BCUT2D eigenvalue weighted by molar-refractivity contribution is 6.13. The van der Waals surface area contributed by atoms with Crippen LogP contribution in [0.15, 0.2) is 55.0 Å². The van der Waals surface area contributed by atoms with Crippen LogP contribution in [0.25, 0.3) is 21.9 Å². The first-order valence-electron chi connectivity index (χ1n) is 10.6. The molecule has 8 heteroatoms. The summed E-state index contributed by atoms with van der Waals surface area (Å²) in [6, 6.07) is 10.8. The molecule has 1 aliphatic rings. The maximum atomic E-state index is 14.4. The van der Waals surface area contributed by atoms with Crippen LogP contribution in [0.4, 0.5) is 15.8 Å². The van der Waals surface area contributed by atoms with Gasteiger partial charge in [0.15, 0.2) is 5.82 Å². The molecule has 162 valence electrons. The van der Waals surface area contributed by atoms with Crippen LogP contribution < -0.4 is 15.5 Å². The molecule has 2 aromatic heterocycles. The number of halogens is 1. The topological polar surface area (TPSA) is 83.0 Å². The third-order valence-corrected chi connectivity index (χ3v) is 5.66. The van der Waals surface area contributed by atoms with Crippen LogP contribution in [-0.2, 0) is 0 Å². The Balaban J connectivity index is 1.50. The average Bonchev–Trinajstić information content (AvgIpc) is 2.77. The number of pyridine rings is 1. The predicted molar refractivity (Wildman–Crippen MR) is 123 cm³/mol. The van der Waals surface area contributed by atoms with Gasteiger partial charge in [0.05, 0.1) is 11.3 Å². The number of carbonyl (C=O) groups excluding carboxylic acids is 1. The molecule has 2 atom stereocenters. The van der Waals surface area contributed by atoms with E-state index in [4.69, 9.17) is 0 Å². The van der Waals surface area contributed by atoms with E-state index in [0.29, 0.717) is 39.8 Å². The van der Waals surface area contributed by atoms with Crippen molar-refractivity contribution in [2.24, 2.45) is 0 Å². The monoisotopic (exact) mass is 430 g/mol. The third kappa shape index (κ3) is 3.73. The number of nitrogens with one attached hydrogen (secondary N) is 2. The van der Waals surface area contributed by atoms with Gasteiger partial charge in [0.2, 0.25) is 0 Å². The molecular formula is C24H23FN6O. The summed E-state index contributed by atoms with van der Waals surface area (Å²) in [5.41, 5.74) is 3.16. The van der Waals surface area contributed by atoms with E-state index in [1.165, 1.54) is 12.3 Å². The van der Waals surface area contributed by atoms with Crippen LogP contribution in [0.1, 0.15) is 24.2 Å². The number of hydrogen-bond donors (Lipinski definition) is 2. The number of piperazine rings is 1. The zero-order valence-electron chi connectivity index (χ0n) is 17.8. The molecule has 1 aliphatic heterocycles. The molecular weight excluding hydrogens is 407 g/mol. The molecule has 0 saturated carbocycles. The van der Waals surface area contributed by atoms with Gasteiger partial charge in [-0.15, -0.1) is 0 Å². The lowest BCUT2D eigenvalue weighted by atomic mass is 10.1.